The van der Waals surface area contributed by atoms with Crippen LogP contribution in [0.1, 0.15) is 21.3 Å². The number of piperidine rings is 1. The van der Waals surface area contributed by atoms with Crippen molar-refractivity contribution in [1.82, 2.24) is 4.98 Å². The van der Waals surface area contributed by atoms with E-state index < -0.39 is 9.84 Å². The van der Waals surface area contributed by atoms with Gasteiger partial charge in [0.25, 0.3) is 0 Å². The van der Waals surface area contributed by atoms with E-state index in [-0.39, 0.29) is 25.9 Å². The van der Waals surface area contributed by atoms with Crippen LogP contribution in [0, 0.1) is 11.8 Å². The highest BCUT2D eigenvalue weighted by atomic mass is 32.2. The summed E-state index contributed by atoms with van der Waals surface area (Å²) < 4.78 is 28.3. The van der Waals surface area contributed by atoms with Gasteiger partial charge in [-0.15, -0.1) is 0 Å². The van der Waals surface area contributed by atoms with Crippen molar-refractivity contribution in [3.63, 3.8) is 0 Å². The molecule has 0 saturated carbocycles. The second kappa shape index (κ2) is 7.97. The Kier molecular flexibility index (Phi) is 6.83. The third-order valence-corrected chi connectivity index (χ3v) is 4.98. The molecule has 3 atom stereocenters. The molecule has 2 N–H and O–H groups in total. The molecule has 23 heavy (non-hydrogen) atoms. The van der Waals surface area contributed by atoms with Crippen molar-refractivity contribution in [2.75, 3.05) is 42.3 Å². The SMILES string of the molecule is C.C[C@@H]1CN(c2ccncc2N)C[C@H](C)C1OCCS(C)(=O)=O. The van der Waals surface area contributed by atoms with E-state index in [1.807, 2.05) is 6.07 Å². The fourth-order valence-electron chi connectivity index (χ4n) is 3.09. The van der Waals surface area contributed by atoms with Gasteiger partial charge < -0.3 is 15.4 Å². The molecule has 7 heteroatoms. The maximum absolute atomic E-state index is 11.2. The lowest BCUT2D eigenvalue weighted by atomic mass is 9.88. The van der Waals surface area contributed by atoms with Crippen LogP contribution in [-0.4, -0.2) is 51.2 Å². The van der Waals surface area contributed by atoms with Gasteiger partial charge in [-0.05, 0) is 6.07 Å². The molecule has 1 saturated heterocycles. The minimum atomic E-state index is -2.98. The van der Waals surface area contributed by atoms with E-state index in [4.69, 9.17) is 10.5 Å². The minimum absolute atomic E-state index is 0. The molecule has 0 spiro atoms. The number of nitrogens with two attached hydrogens (primary N) is 1. The standard InChI is InChI=1S/C15H25N3O3S.CH4/c1-11-9-18(14-4-5-17-8-13(14)16)10-12(2)15(11)21-6-7-22(3,19)20;/h4-5,8,11-12,15H,6-7,9-10,16H2,1-3H3;1H4/t11-,12+,15?;. The minimum Gasteiger partial charge on any atom is -0.396 e. The summed E-state index contributed by atoms with van der Waals surface area (Å²) in [6.07, 6.45) is 4.72. The van der Waals surface area contributed by atoms with Crippen molar-refractivity contribution >= 4 is 21.2 Å². The molecule has 1 aromatic heterocycles. The lowest BCUT2D eigenvalue weighted by Crippen LogP contribution is -2.49. The average molecular weight is 343 g/mol. The van der Waals surface area contributed by atoms with Crippen LogP contribution in [0.3, 0.4) is 0 Å². The number of hydrogen-bond donors (Lipinski definition) is 1. The predicted molar refractivity (Wildman–Crippen MR) is 95.4 cm³/mol. The zero-order valence-corrected chi connectivity index (χ0v) is 14.2. The summed E-state index contributed by atoms with van der Waals surface area (Å²) in [4.78, 5) is 6.28. The van der Waals surface area contributed by atoms with E-state index in [9.17, 15) is 8.42 Å². The molecule has 2 heterocycles. The topological polar surface area (TPSA) is 85.5 Å². The summed E-state index contributed by atoms with van der Waals surface area (Å²) in [5.41, 5.74) is 7.68. The van der Waals surface area contributed by atoms with Crippen LogP contribution in [-0.2, 0) is 14.6 Å². The van der Waals surface area contributed by atoms with Gasteiger partial charge >= 0.3 is 0 Å². The Hall–Kier alpha value is -1.34. The van der Waals surface area contributed by atoms with Crippen LogP contribution in [0.25, 0.3) is 0 Å². The molecule has 6 nitrogen and oxygen atoms in total. The van der Waals surface area contributed by atoms with E-state index in [0.717, 1.165) is 18.8 Å². The monoisotopic (exact) mass is 343 g/mol. The molecular weight excluding hydrogens is 314 g/mol. The van der Waals surface area contributed by atoms with E-state index >= 15 is 0 Å². The fraction of sp³-hybridized carbons (Fsp3) is 0.688. The number of sulfone groups is 1. The van der Waals surface area contributed by atoms with Crippen LogP contribution in [0.5, 0.6) is 0 Å². The van der Waals surface area contributed by atoms with Crippen LogP contribution in [0.2, 0.25) is 0 Å². The number of nitrogens with zero attached hydrogens (tertiary/aromatic N) is 2. The second-order valence-corrected chi connectivity index (χ2v) is 8.52. The average Bonchev–Trinajstić information content (AvgIpc) is 2.41. The highest BCUT2D eigenvalue weighted by Crippen LogP contribution is 2.31. The van der Waals surface area contributed by atoms with Gasteiger partial charge in [-0.25, -0.2) is 8.42 Å². The molecule has 0 aliphatic carbocycles. The van der Waals surface area contributed by atoms with Crippen LogP contribution < -0.4 is 10.6 Å². The molecule has 2 rings (SSSR count). The summed E-state index contributed by atoms with van der Waals surface area (Å²) >= 11 is 0. The lowest BCUT2D eigenvalue weighted by molar-refractivity contribution is -0.0173. The first kappa shape index (κ1) is 19.7. The maximum Gasteiger partial charge on any atom is 0.149 e. The zero-order valence-electron chi connectivity index (χ0n) is 13.4. The van der Waals surface area contributed by atoms with Gasteiger partial charge in [0, 0.05) is 37.4 Å². The number of pyridine rings is 1. The summed E-state index contributed by atoms with van der Waals surface area (Å²) in [6.45, 7) is 6.19. The molecule has 0 bridgehead atoms. The van der Waals surface area contributed by atoms with Crippen LogP contribution >= 0.6 is 0 Å². The molecule has 0 amide bonds. The number of rotatable bonds is 5. The van der Waals surface area contributed by atoms with Gasteiger partial charge in [0.05, 0.1) is 36.0 Å². The molecule has 1 aliphatic heterocycles. The Balaban J connectivity index is 0.00000264. The Bertz CT molecular complexity index is 594. The van der Waals surface area contributed by atoms with Crippen molar-refractivity contribution < 1.29 is 13.2 Å². The third kappa shape index (κ3) is 5.35. The van der Waals surface area contributed by atoms with E-state index in [0.29, 0.717) is 17.5 Å². The Morgan fingerprint density at radius 1 is 1.35 bits per heavy atom. The number of nitrogen functional groups attached to an aromatic ring is 1. The summed E-state index contributed by atoms with van der Waals surface area (Å²) in [5, 5.41) is 0. The van der Waals surface area contributed by atoms with Gasteiger partial charge in [0.1, 0.15) is 9.84 Å². The smallest absolute Gasteiger partial charge is 0.149 e. The lowest BCUT2D eigenvalue weighted by Gasteiger charge is -2.42. The summed E-state index contributed by atoms with van der Waals surface area (Å²) in [6, 6.07) is 1.93. The van der Waals surface area contributed by atoms with Gasteiger partial charge in [-0.2, -0.15) is 0 Å². The summed E-state index contributed by atoms with van der Waals surface area (Å²) in [7, 11) is -2.98. The third-order valence-electron chi connectivity index (χ3n) is 4.07. The van der Waals surface area contributed by atoms with Gasteiger partial charge in [0.15, 0.2) is 0 Å². The highest BCUT2D eigenvalue weighted by molar-refractivity contribution is 7.90. The summed E-state index contributed by atoms with van der Waals surface area (Å²) in [5.74, 6) is 0.677. The van der Waals surface area contributed by atoms with Crippen LogP contribution in [0.4, 0.5) is 11.4 Å². The molecule has 1 unspecified atom stereocenters. The zero-order chi connectivity index (χ0) is 16.3. The molecule has 132 valence electrons. The first-order valence-corrected chi connectivity index (χ1v) is 9.57. The number of hydrogen-bond acceptors (Lipinski definition) is 6. The number of anilines is 2. The fourth-order valence-corrected chi connectivity index (χ4v) is 3.49. The van der Waals surface area contributed by atoms with Crippen molar-refractivity contribution in [2.24, 2.45) is 11.8 Å². The molecule has 1 aliphatic rings. The van der Waals surface area contributed by atoms with E-state index in [1.165, 1.54) is 6.26 Å². The van der Waals surface area contributed by atoms with Gasteiger partial charge in [0.2, 0.25) is 0 Å². The largest absolute Gasteiger partial charge is 0.396 e. The number of ether oxygens (including phenoxy) is 1. The van der Waals surface area contributed by atoms with Crippen molar-refractivity contribution in [3.8, 4) is 0 Å². The van der Waals surface area contributed by atoms with Crippen LogP contribution in [0.15, 0.2) is 18.5 Å². The second-order valence-electron chi connectivity index (χ2n) is 6.26. The van der Waals surface area contributed by atoms with Crippen molar-refractivity contribution in [1.29, 1.82) is 0 Å². The first-order valence-electron chi connectivity index (χ1n) is 7.51. The first-order chi connectivity index (χ1) is 10.3. The van der Waals surface area contributed by atoms with Crippen molar-refractivity contribution in [3.05, 3.63) is 18.5 Å². The molecular formula is C16H29N3O3S. The maximum atomic E-state index is 11.2. The Labute approximate surface area is 140 Å². The molecule has 1 aromatic rings. The normalized spacial score (nSPS) is 25.0. The predicted octanol–water partition coefficient (Wildman–Crippen LogP) is 1.82. The number of aromatic nitrogens is 1. The Morgan fingerprint density at radius 2 is 1.96 bits per heavy atom. The molecule has 0 radical (unpaired) electrons. The Morgan fingerprint density at radius 3 is 2.48 bits per heavy atom. The van der Waals surface area contributed by atoms with E-state index in [1.54, 1.807) is 12.4 Å². The quantitative estimate of drug-likeness (QED) is 0.878. The van der Waals surface area contributed by atoms with Gasteiger partial charge in [-0.1, -0.05) is 21.3 Å². The van der Waals surface area contributed by atoms with E-state index in [2.05, 4.69) is 23.7 Å². The highest BCUT2D eigenvalue weighted by Gasteiger charge is 2.33. The van der Waals surface area contributed by atoms with Crippen molar-refractivity contribution in [2.45, 2.75) is 27.4 Å². The molecule has 1 fully saturated rings. The molecule has 0 aromatic carbocycles. The van der Waals surface area contributed by atoms with Gasteiger partial charge in [-0.3, -0.25) is 4.98 Å².